The molecule has 0 saturated carbocycles. The monoisotopic (exact) mass is 301 g/mol. The van der Waals surface area contributed by atoms with Gasteiger partial charge in [0.1, 0.15) is 0 Å². The van der Waals surface area contributed by atoms with Crippen LogP contribution in [0.15, 0.2) is 71.1 Å². The van der Waals surface area contributed by atoms with Gasteiger partial charge in [0, 0.05) is 11.3 Å². The van der Waals surface area contributed by atoms with Gasteiger partial charge in [0.2, 0.25) is 11.8 Å². The van der Waals surface area contributed by atoms with Crippen molar-refractivity contribution in [2.45, 2.75) is 6.42 Å². The smallest absolute Gasteiger partial charge is 0.247 e. The number of hydrogen-bond acceptors (Lipinski definition) is 4. The minimum atomic E-state index is 0.514. The summed E-state index contributed by atoms with van der Waals surface area (Å²) >= 11 is 0. The van der Waals surface area contributed by atoms with E-state index in [9.17, 15) is 0 Å². The van der Waals surface area contributed by atoms with Gasteiger partial charge in [-0.2, -0.15) is 0 Å². The Morgan fingerprint density at radius 1 is 0.826 bits per heavy atom. The van der Waals surface area contributed by atoms with Crippen LogP contribution in [0.5, 0.6) is 0 Å². The molecule has 0 bridgehead atoms. The van der Waals surface area contributed by atoms with Gasteiger partial charge in [-0.25, -0.2) is 0 Å². The maximum absolute atomic E-state index is 5.80. The van der Waals surface area contributed by atoms with Crippen LogP contribution in [-0.4, -0.2) is 10.2 Å². The lowest BCUT2D eigenvalue weighted by Crippen LogP contribution is -1.90. The molecule has 4 nitrogen and oxygen atoms in total. The highest BCUT2D eigenvalue weighted by molar-refractivity contribution is 5.85. The van der Waals surface area contributed by atoms with Crippen LogP contribution in [0.25, 0.3) is 22.2 Å². The fraction of sp³-hybridized carbons (Fsp3) is 0.0526. The Labute approximate surface area is 133 Å². The van der Waals surface area contributed by atoms with Crippen LogP contribution in [0.1, 0.15) is 11.5 Å². The molecule has 4 heteroatoms. The van der Waals surface area contributed by atoms with Gasteiger partial charge < -0.3 is 10.2 Å². The van der Waals surface area contributed by atoms with Crippen molar-refractivity contribution in [1.82, 2.24) is 10.2 Å². The van der Waals surface area contributed by atoms with E-state index in [1.165, 1.54) is 16.3 Å². The second-order valence-electron chi connectivity index (χ2n) is 5.44. The second-order valence-corrected chi connectivity index (χ2v) is 5.44. The fourth-order valence-corrected chi connectivity index (χ4v) is 2.68. The average molecular weight is 301 g/mol. The lowest BCUT2D eigenvalue weighted by molar-refractivity contribution is 0.518. The normalized spacial score (nSPS) is 11.0. The first-order valence-electron chi connectivity index (χ1n) is 7.44. The molecule has 1 heterocycles. The number of aromatic nitrogens is 2. The Kier molecular flexibility index (Phi) is 3.27. The second kappa shape index (κ2) is 5.57. The summed E-state index contributed by atoms with van der Waals surface area (Å²) in [5.41, 5.74) is 8.46. The Balaban J connectivity index is 1.66. The van der Waals surface area contributed by atoms with Gasteiger partial charge in [0.25, 0.3) is 0 Å². The van der Waals surface area contributed by atoms with Crippen molar-refractivity contribution >= 4 is 16.5 Å². The third kappa shape index (κ3) is 2.66. The van der Waals surface area contributed by atoms with Gasteiger partial charge in [-0.3, -0.25) is 0 Å². The van der Waals surface area contributed by atoms with Crippen molar-refractivity contribution in [3.63, 3.8) is 0 Å². The fourth-order valence-electron chi connectivity index (χ4n) is 2.68. The van der Waals surface area contributed by atoms with Gasteiger partial charge in [-0.1, -0.05) is 42.5 Å². The van der Waals surface area contributed by atoms with E-state index >= 15 is 0 Å². The van der Waals surface area contributed by atoms with Crippen molar-refractivity contribution in [3.05, 3.63) is 78.2 Å². The summed E-state index contributed by atoms with van der Waals surface area (Å²) in [6, 6.07) is 21.9. The van der Waals surface area contributed by atoms with E-state index in [0.29, 0.717) is 23.9 Å². The Morgan fingerprint density at radius 2 is 1.61 bits per heavy atom. The summed E-state index contributed by atoms with van der Waals surface area (Å²) in [7, 11) is 0. The van der Waals surface area contributed by atoms with Crippen molar-refractivity contribution in [1.29, 1.82) is 0 Å². The van der Waals surface area contributed by atoms with E-state index in [1.54, 1.807) is 0 Å². The molecule has 0 saturated heterocycles. The summed E-state index contributed by atoms with van der Waals surface area (Å²) in [5.74, 6) is 1.12. The number of fused-ring (bicyclic) bond motifs is 1. The highest BCUT2D eigenvalue weighted by Gasteiger charge is 2.10. The molecule has 0 atom stereocenters. The maximum Gasteiger partial charge on any atom is 0.247 e. The summed E-state index contributed by atoms with van der Waals surface area (Å²) in [5, 5.41) is 10.7. The molecule has 4 rings (SSSR count). The van der Waals surface area contributed by atoms with E-state index in [2.05, 4.69) is 40.5 Å². The van der Waals surface area contributed by atoms with Crippen LogP contribution in [0, 0.1) is 0 Å². The predicted octanol–water partition coefficient (Wildman–Crippen LogP) is 4.06. The Morgan fingerprint density at radius 3 is 2.48 bits per heavy atom. The molecule has 0 unspecified atom stereocenters. The third-order valence-corrected chi connectivity index (χ3v) is 3.85. The van der Waals surface area contributed by atoms with E-state index in [0.717, 1.165) is 5.56 Å². The first-order chi connectivity index (χ1) is 11.3. The lowest BCUT2D eigenvalue weighted by Gasteiger charge is -2.03. The zero-order valence-corrected chi connectivity index (χ0v) is 12.4. The minimum absolute atomic E-state index is 0.514. The molecule has 0 aliphatic carbocycles. The molecule has 0 fully saturated rings. The number of anilines is 1. The zero-order chi connectivity index (χ0) is 15.6. The third-order valence-electron chi connectivity index (χ3n) is 3.85. The molecule has 0 spiro atoms. The minimum Gasteiger partial charge on any atom is -0.420 e. The van der Waals surface area contributed by atoms with Gasteiger partial charge in [0.15, 0.2) is 0 Å². The summed E-state index contributed by atoms with van der Waals surface area (Å²) in [6.45, 7) is 0. The van der Waals surface area contributed by atoms with Crippen LogP contribution < -0.4 is 5.73 Å². The number of nitrogens with zero attached hydrogens (tertiary/aromatic N) is 2. The SMILES string of the molecule is Nc1ccc(-c2nnc(Cc3cccc4ccccc34)o2)cc1. The molecule has 0 amide bonds. The number of benzene rings is 3. The van der Waals surface area contributed by atoms with E-state index in [4.69, 9.17) is 10.2 Å². The van der Waals surface area contributed by atoms with Gasteiger partial charge in [0.05, 0.1) is 6.42 Å². The molecular formula is C19H15N3O. The van der Waals surface area contributed by atoms with Crippen molar-refractivity contribution in [2.24, 2.45) is 0 Å². The molecule has 0 radical (unpaired) electrons. The number of hydrogen-bond donors (Lipinski definition) is 1. The van der Waals surface area contributed by atoms with Gasteiger partial charge in [-0.15, -0.1) is 10.2 Å². The van der Waals surface area contributed by atoms with E-state index < -0.39 is 0 Å². The van der Waals surface area contributed by atoms with Crippen molar-refractivity contribution in [3.8, 4) is 11.5 Å². The van der Waals surface area contributed by atoms with Crippen LogP contribution in [-0.2, 0) is 6.42 Å². The number of nitrogens with two attached hydrogens (primary N) is 1. The molecule has 0 aliphatic heterocycles. The largest absolute Gasteiger partial charge is 0.420 e. The summed E-state index contributed by atoms with van der Waals surface area (Å²) in [4.78, 5) is 0. The van der Waals surface area contributed by atoms with E-state index in [-0.39, 0.29) is 0 Å². The highest BCUT2D eigenvalue weighted by Crippen LogP contribution is 2.23. The number of rotatable bonds is 3. The zero-order valence-electron chi connectivity index (χ0n) is 12.4. The van der Waals surface area contributed by atoms with Gasteiger partial charge >= 0.3 is 0 Å². The van der Waals surface area contributed by atoms with Crippen molar-refractivity contribution < 1.29 is 4.42 Å². The molecule has 4 aromatic rings. The first-order valence-corrected chi connectivity index (χ1v) is 7.44. The van der Waals surface area contributed by atoms with Crippen LogP contribution in [0.4, 0.5) is 5.69 Å². The topological polar surface area (TPSA) is 64.9 Å². The molecule has 112 valence electrons. The van der Waals surface area contributed by atoms with Crippen LogP contribution in [0.3, 0.4) is 0 Å². The average Bonchev–Trinajstić information content (AvgIpc) is 3.04. The summed E-state index contributed by atoms with van der Waals surface area (Å²) < 4.78 is 5.80. The highest BCUT2D eigenvalue weighted by atomic mass is 16.4. The molecule has 23 heavy (non-hydrogen) atoms. The lowest BCUT2D eigenvalue weighted by atomic mass is 10.0. The molecule has 3 aromatic carbocycles. The Bertz CT molecular complexity index is 952. The molecule has 0 aliphatic rings. The maximum atomic E-state index is 5.80. The predicted molar refractivity (Wildman–Crippen MR) is 90.9 cm³/mol. The first kappa shape index (κ1) is 13.5. The van der Waals surface area contributed by atoms with Crippen LogP contribution in [0.2, 0.25) is 0 Å². The molecule has 2 N–H and O–H groups in total. The quantitative estimate of drug-likeness (QED) is 0.579. The van der Waals surface area contributed by atoms with Crippen LogP contribution >= 0.6 is 0 Å². The standard InChI is InChI=1S/C19H15N3O/c20-16-10-8-14(9-11-16)19-22-21-18(23-19)12-15-6-3-5-13-4-1-2-7-17(13)15/h1-11H,12,20H2. The van der Waals surface area contributed by atoms with Crippen molar-refractivity contribution in [2.75, 3.05) is 5.73 Å². The van der Waals surface area contributed by atoms with Gasteiger partial charge in [-0.05, 0) is 40.6 Å². The molecule has 1 aromatic heterocycles. The molecular weight excluding hydrogens is 286 g/mol. The Hall–Kier alpha value is -3.14. The van der Waals surface area contributed by atoms with E-state index in [1.807, 2.05) is 36.4 Å². The number of nitrogen functional groups attached to an aromatic ring is 1. The summed E-state index contributed by atoms with van der Waals surface area (Å²) in [6.07, 6.45) is 0.614.